The van der Waals surface area contributed by atoms with Crippen LogP contribution in [-0.4, -0.2) is 27.4 Å². The van der Waals surface area contributed by atoms with Crippen LogP contribution in [0.15, 0.2) is 34.2 Å². The molecule has 3 aromatic rings. The Morgan fingerprint density at radius 2 is 2.11 bits per heavy atom. The van der Waals surface area contributed by atoms with Crippen molar-refractivity contribution in [3.05, 3.63) is 50.6 Å². The predicted molar refractivity (Wildman–Crippen MR) is 112 cm³/mol. The van der Waals surface area contributed by atoms with Crippen molar-refractivity contribution < 1.29 is 9.53 Å². The topological polar surface area (TPSA) is 61.2 Å². The average Bonchev–Trinajstić information content (AvgIpc) is 3.25. The highest BCUT2D eigenvalue weighted by Gasteiger charge is 2.31. The van der Waals surface area contributed by atoms with Crippen LogP contribution in [0.2, 0.25) is 0 Å². The second kappa shape index (κ2) is 7.04. The Hall–Kier alpha value is -2.12. The molecule has 1 saturated heterocycles. The molecule has 5 rings (SSSR count). The van der Waals surface area contributed by atoms with E-state index in [0.717, 1.165) is 40.7 Å². The molecule has 0 N–H and O–H groups in total. The van der Waals surface area contributed by atoms with Crippen LogP contribution < -0.4 is 5.56 Å². The number of aryl methyl sites for hydroxylation is 3. The van der Waals surface area contributed by atoms with E-state index in [4.69, 9.17) is 9.72 Å². The quantitative estimate of drug-likeness (QED) is 0.480. The van der Waals surface area contributed by atoms with E-state index in [1.54, 1.807) is 15.9 Å². The molecule has 1 aliphatic carbocycles. The van der Waals surface area contributed by atoms with Crippen LogP contribution in [0.3, 0.4) is 0 Å². The van der Waals surface area contributed by atoms with E-state index in [2.05, 4.69) is 0 Å². The van der Waals surface area contributed by atoms with Gasteiger partial charge < -0.3 is 4.74 Å². The number of benzene rings is 1. The summed E-state index contributed by atoms with van der Waals surface area (Å²) in [5, 5.41) is 1.03. The highest BCUT2D eigenvalue weighted by molar-refractivity contribution is 8.00. The number of rotatable bonds is 3. The van der Waals surface area contributed by atoms with Crippen LogP contribution >= 0.6 is 23.1 Å². The van der Waals surface area contributed by atoms with Crippen molar-refractivity contribution in [1.29, 1.82) is 0 Å². The first kappa shape index (κ1) is 17.9. The number of ether oxygens (including phenoxy) is 1. The normalized spacial score (nSPS) is 19.0. The van der Waals surface area contributed by atoms with Crippen LogP contribution in [0.5, 0.6) is 0 Å². The molecule has 3 heterocycles. The third-order valence-corrected chi connectivity index (χ3v) is 7.74. The molecule has 0 saturated carbocycles. The second-order valence-corrected chi connectivity index (χ2v) is 9.58. The van der Waals surface area contributed by atoms with Crippen LogP contribution in [-0.2, 0) is 22.4 Å². The number of hydrogen-bond donors (Lipinski definition) is 0. The zero-order chi connectivity index (χ0) is 19.3. The van der Waals surface area contributed by atoms with Crippen molar-refractivity contribution in [3.8, 4) is 5.69 Å². The van der Waals surface area contributed by atoms with Gasteiger partial charge in [-0.15, -0.1) is 11.3 Å². The Morgan fingerprint density at radius 1 is 1.25 bits per heavy atom. The van der Waals surface area contributed by atoms with Gasteiger partial charge in [0.1, 0.15) is 10.1 Å². The van der Waals surface area contributed by atoms with Crippen molar-refractivity contribution >= 4 is 39.3 Å². The summed E-state index contributed by atoms with van der Waals surface area (Å²) in [7, 11) is 0. The van der Waals surface area contributed by atoms with Gasteiger partial charge in [0.05, 0.1) is 17.7 Å². The van der Waals surface area contributed by atoms with Gasteiger partial charge in [0.15, 0.2) is 5.16 Å². The Labute approximate surface area is 170 Å². The lowest BCUT2D eigenvalue weighted by Gasteiger charge is -2.15. The van der Waals surface area contributed by atoms with Gasteiger partial charge >= 0.3 is 5.97 Å². The van der Waals surface area contributed by atoms with Crippen LogP contribution in [0.4, 0.5) is 0 Å². The van der Waals surface area contributed by atoms with E-state index < -0.39 is 0 Å². The Kier molecular flexibility index (Phi) is 4.51. The number of aromatic nitrogens is 2. The van der Waals surface area contributed by atoms with Gasteiger partial charge in [-0.1, -0.05) is 23.9 Å². The summed E-state index contributed by atoms with van der Waals surface area (Å²) in [6, 6.07) is 7.87. The lowest BCUT2D eigenvalue weighted by molar-refractivity contribution is -0.137. The van der Waals surface area contributed by atoms with Gasteiger partial charge in [-0.3, -0.25) is 14.2 Å². The number of cyclic esters (lactones) is 1. The van der Waals surface area contributed by atoms with Gasteiger partial charge in [-0.05, 0) is 55.9 Å². The molecule has 1 aliphatic heterocycles. The van der Waals surface area contributed by atoms with Crippen molar-refractivity contribution in [2.45, 2.75) is 49.4 Å². The zero-order valence-electron chi connectivity index (χ0n) is 15.6. The molecule has 7 heteroatoms. The summed E-state index contributed by atoms with van der Waals surface area (Å²) in [6.07, 6.45) is 4.90. The SMILES string of the molecule is Cc1cccc(-n2c(S[C@@H]3CCOC3=O)nc3sc4c(c3c2=O)CCCC4)c1. The summed E-state index contributed by atoms with van der Waals surface area (Å²) in [5.74, 6) is -0.222. The summed E-state index contributed by atoms with van der Waals surface area (Å²) in [5.41, 5.74) is 3.03. The van der Waals surface area contributed by atoms with Gasteiger partial charge in [0.25, 0.3) is 5.56 Å². The lowest BCUT2D eigenvalue weighted by Crippen LogP contribution is -2.23. The number of carbonyl (C=O) groups is 1. The monoisotopic (exact) mass is 412 g/mol. The minimum Gasteiger partial charge on any atom is -0.465 e. The van der Waals surface area contributed by atoms with Crippen molar-refractivity contribution in [3.63, 3.8) is 0 Å². The molecular formula is C21H20N2O3S2. The highest BCUT2D eigenvalue weighted by atomic mass is 32.2. The minimum absolute atomic E-state index is 0.0242. The van der Waals surface area contributed by atoms with E-state index in [1.165, 1.54) is 28.6 Å². The van der Waals surface area contributed by atoms with Crippen molar-refractivity contribution in [1.82, 2.24) is 9.55 Å². The van der Waals surface area contributed by atoms with Crippen LogP contribution in [0.1, 0.15) is 35.3 Å². The number of thiophene rings is 1. The molecule has 5 nitrogen and oxygen atoms in total. The Balaban J connectivity index is 1.75. The van der Waals surface area contributed by atoms with E-state index in [1.807, 2.05) is 31.2 Å². The largest absolute Gasteiger partial charge is 0.465 e. The number of fused-ring (bicyclic) bond motifs is 3. The van der Waals surface area contributed by atoms with E-state index in [9.17, 15) is 9.59 Å². The molecule has 144 valence electrons. The van der Waals surface area contributed by atoms with Crippen molar-refractivity contribution in [2.75, 3.05) is 6.61 Å². The molecule has 0 unspecified atom stereocenters. The van der Waals surface area contributed by atoms with Gasteiger partial charge in [0.2, 0.25) is 0 Å². The smallest absolute Gasteiger partial charge is 0.319 e. The molecular weight excluding hydrogens is 392 g/mol. The molecule has 28 heavy (non-hydrogen) atoms. The Morgan fingerprint density at radius 3 is 2.89 bits per heavy atom. The lowest BCUT2D eigenvalue weighted by atomic mass is 9.97. The van der Waals surface area contributed by atoms with Gasteiger partial charge in [0, 0.05) is 11.3 Å². The average molecular weight is 413 g/mol. The first-order valence-corrected chi connectivity index (χ1v) is 11.3. The fourth-order valence-corrected chi connectivity index (χ4v) is 6.35. The van der Waals surface area contributed by atoms with Gasteiger partial charge in [-0.2, -0.15) is 0 Å². The maximum atomic E-state index is 13.6. The third kappa shape index (κ3) is 2.97. The molecule has 1 atom stereocenters. The summed E-state index contributed by atoms with van der Waals surface area (Å²) < 4.78 is 6.80. The zero-order valence-corrected chi connectivity index (χ0v) is 17.2. The molecule has 1 fully saturated rings. The van der Waals surface area contributed by atoms with Crippen LogP contribution in [0.25, 0.3) is 15.9 Å². The molecule has 0 spiro atoms. The van der Waals surface area contributed by atoms with Crippen molar-refractivity contribution in [2.24, 2.45) is 0 Å². The minimum atomic E-state index is -0.310. The number of thioether (sulfide) groups is 1. The molecule has 0 amide bonds. The first-order valence-electron chi connectivity index (χ1n) is 9.59. The van der Waals surface area contributed by atoms with E-state index >= 15 is 0 Å². The number of hydrogen-bond acceptors (Lipinski definition) is 6. The molecule has 2 aliphatic rings. The maximum absolute atomic E-state index is 13.6. The first-order chi connectivity index (χ1) is 13.6. The Bertz CT molecular complexity index is 1150. The standard InChI is InChI=1S/C21H20N2O3S2/c1-12-5-4-6-13(11-12)23-19(24)17-14-7-2-3-8-15(14)27-18(17)22-21(23)28-16-9-10-26-20(16)25/h4-6,11,16H,2-3,7-10H2,1H3/t16-/m1/s1. The second-order valence-electron chi connectivity index (χ2n) is 7.33. The molecule has 0 bridgehead atoms. The maximum Gasteiger partial charge on any atom is 0.319 e. The summed E-state index contributed by atoms with van der Waals surface area (Å²) in [6.45, 7) is 2.44. The number of esters is 1. The van der Waals surface area contributed by atoms with Gasteiger partial charge in [-0.25, -0.2) is 4.98 Å². The van der Waals surface area contributed by atoms with Crippen LogP contribution in [0, 0.1) is 6.92 Å². The molecule has 0 radical (unpaired) electrons. The third-order valence-electron chi connectivity index (χ3n) is 5.35. The summed E-state index contributed by atoms with van der Waals surface area (Å²) in [4.78, 5) is 32.7. The molecule has 2 aromatic heterocycles. The number of nitrogens with zero attached hydrogens (tertiary/aromatic N) is 2. The number of carbonyl (C=O) groups excluding carboxylic acids is 1. The fraction of sp³-hybridized carbons (Fsp3) is 0.381. The summed E-state index contributed by atoms with van der Waals surface area (Å²) >= 11 is 2.99. The predicted octanol–water partition coefficient (Wildman–Crippen LogP) is 4.04. The van der Waals surface area contributed by atoms with E-state index in [0.29, 0.717) is 18.2 Å². The fourth-order valence-electron chi connectivity index (χ4n) is 3.97. The molecule has 1 aromatic carbocycles. The van der Waals surface area contributed by atoms with E-state index in [-0.39, 0.29) is 16.8 Å². The highest BCUT2D eigenvalue weighted by Crippen LogP contribution is 2.36.